The number of likely N-dealkylation sites (N-methyl/N-ethyl adjacent to an activating group) is 1. The van der Waals surface area contributed by atoms with Gasteiger partial charge in [-0.15, -0.1) is 0 Å². The smallest absolute Gasteiger partial charge is 0.120 e. The average Bonchev–Trinajstić information content (AvgIpc) is 2.31. The first-order valence-corrected chi connectivity index (χ1v) is 6.14. The fraction of sp³-hybridized carbons (Fsp3) is 0.571. The molecule has 0 aliphatic rings. The van der Waals surface area contributed by atoms with E-state index in [9.17, 15) is 0 Å². The van der Waals surface area contributed by atoms with Gasteiger partial charge in [-0.05, 0) is 44.5 Å². The zero-order chi connectivity index (χ0) is 12.0. The van der Waals surface area contributed by atoms with Gasteiger partial charge in [-0.25, -0.2) is 0 Å². The van der Waals surface area contributed by atoms with E-state index in [1.165, 1.54) is 5.56 Å². The third kappa shape index (κ3) is 3.53. The second kappa shape index (κ2) is 6.54. The number of ether oxygens (including phenoxy) is 1. The number of benzene rings is 1. The molecular weight excluding hydrogens is 198 g/mol. The van der Waals surface area contributed by atoms with E-state index < -0.39 is 0 Å². The summed E-state index contributed by atoms with van der Waals surface area (Å²) in [6, 6.07) is 8.75. The summed E-state index contributed by atoms with van der Waals surface area (Å²) in [6.45, 7) is 6.44. The first kappa shape index (κ1) is 13.0. The van der Waals surface area contributed by atoms with Gasteiger partial charge in [0.1, 0.15) is 11.9 Å². The molecule has 2 unspecified atom stereocenters. The van der Waals surface area contributed by atoms with E-state index >= 15 is 0 Å². The molecule has 0 heterocycles. The van der Waals surface area contributed by atoms with Crippen LogP contribution in [0.3, 0.4) is 0 Å². The number of hydrogen-bond donors (Lipinski definition) is 1. The zero-order valence-electron chi connectivity index (χ0n) is 10.8. The maximum absolute atomic E-state index is 5.94. The van der Waals surface area contributed by atoms with Crippen molar-refractivity contribution in [2.24, 2.45) is 0 Å². The average molecular weight is 221 g/mol. The molecule has 0 saturated heterocycles. The molecule has 2 atom stereocenters. The van der Waals surface area contributed by atoms with Crippen LogP contribution in [0.5, 0.6) is 5.75 Å². The van der Waals surface area contributed by atoms with Crippen LogP contribution in [0.1, 0.15) is 32.8 Å². The van der Waals surface area contributed by atoms with Gasteiger partial charge in [0, 0.05) is 6.04 Å². The van der Waals surface area contributed by atoms with Gasteiger partial charge in [0.25, 0.3) is 0 Å². The molecule has 0 aliphatic heterocycles. The Morgan fingerprint density at radius 3 is 2.62 bits per heavy atom. The molecule has 0 fully saturated rings. The van der Waals surface area contributed by atoms with E-state index in [-0.39, 0.29) is 6.10 Å². The van der Waals surface area contributed by atoms with Crippen molar-refractivity contribution >= 4 is 0 Å². The van der Waals surface area contributed by atoms with Crippen molar-refractivity contribution < 1.29 is 4.74 Å². The van der Waals surface area contributed by atoms with Crippen LogP contribution in [0.25, 0.3) is 0 Å². The van der Waals surface area contributed by atoms with E-state index in [1.54, 1.807) is 0 Å². The van der Waals surface area contributed by atoms with Gasteiger partial charge in [-0.1, -0.05) is 26.0 Å². The molecule has 0 aromatic heterocycles. The summed E-state index contributed by atoms with van der Waals surface area (Å²) in [6.07, 6.45) is 2.32. The van der Waals surface area contributed by atoms with Crippen LogP contribution in [-0.4, -0.2) is 19.2 Å². The minimum absolute atomic E-state index is 0.196. The predicted molar refractivity (Wildman–Crippen MR) is 69.0 cm³/mol. The maximum atomic E-state index is 5.94. The number of hydrogen-bond acceptors (Lipinski definition) is 2. The third-order valence-electron chi connectivity index (χ3n) is 3.01. The first-order chi connectivity index (χ1) is 7.71. The summed E-state index contributed by atoms with van der Waals surface area (Å²) in [4.78, 5) is 0. The first-order valence-electron chi connectivity index (χ1n) is 6.14. The second-order valence-electron chi connectivity index (χ2n) is 4.13. The number of nitrogens with one attached hydrogen (secondary N) is 1. The molecule has 0 spiro atoms. The molecule has 90 valence electrons. The van der Waals surface area contributed by atoms with Crippen LogP contribution in [0.2, 0.25) is 0 Å². The minimum atomic E-state index is 0.196. The summed E-state index contributed by atoms with van der Waals surface area (Å²) in [5, 5.41) is 3.28. The minimum Gasteiger partial charge on any atom is -0.489 e. The Morgan fingerprint density at radius 2 is 2.06 bits per heavy atom. The summed E-state index contributed by atoms with van der Waals surface area (Å²) in [5.41, 5.74) is 1.32. The molecule has 0 aliphatic carbocycles. The Balaban J connectivity index is 2.64. The largest absolute Gasteiger partial charge is 0.489 e. The maximum Gasteiger partial charge on any atom is 0.120 e. The van der Waals surface area contributed by atoms with Gasteiger partial charge < -0.3 is 10.1 Å². The van der Waals surface area contributed by atoms with Gasteiger partial charge in [0.15, 0.2) is 0 Å². The highest BCUT2D eigenvalue weighted by Gasteiger charge is 2.14. The zero-order valence-corrected chi connectivity index (χ0v) is 10.8. The van der Waals surface area contributed by atoms with Crippen molar-refractivity contribution in [2.45, 2.75) is 45.8 Å². The van der Waals surface area contributed by atoms with E-state index in [0.717, 1.165) is 18.6 Å². The second-order valence-corrected chi connectivity index (χ2v) is 4.13. The lowest BCUT2D eigenvalue weighted by molar-refractivity contribution is 0.172. The van der Waals surface area contributed by atoms with Crippen LogP contribution in [-0.2, 0) is 6.42 Å². The molecule has 2 heteroatoms. The highest BCUT2D eigenvalue weighted by molar-refractivity contribution is 5.28. The van der Waals surface area contributed by atoms with Gasteiger partial charge in [-0.2, -0.15) is 0 Å². The lowest BCUT2D eigenvalue weighted by atomic mass is 10.1. The van der Waals surface area contributed by atoms with Crippen molar-refractivity contribution in [1.82, 2.24) is 5.32 Å². The molecule has 0 amide bonds. The highest BCUT2D eigenvalue weighted by atomic mass is 16.5. The van der Waals surface area contributed by atoms with Crippen molar-refractivity contribution in [3.63, 3.8) is 0 Å². The summed E-state index contributed by atoms with van der Waals surface area (Å²) < 4.78 is 5.94. The van der Waals surface area contributed by atoms with E-state index in [0.29, 0.717) is 6.04 Å². The van der Waals surface area contributed by atoms with Crippen LogP contribution >= 0.6 is 0 Å². The van der Waals surface area contributed by atoms with Crippen LogP contribution < -0.4 is 10.1 Å². The molecule has 1 aromatic carbocycles. The van der Waals surface area contributed by atoms with Gasteiger partial charge in [0.2, 0.25) is 0 Å². The lowest BCUT2D eigenvalue weighted by Crippen LogP contribution is -2.38. The number of rotatable bonds is 6. The quantitative estimate of drug-likeness (QED) is 0.797. The van der Waals surface area contributed by atoms with Crippen LogP contribution in [0, 0.1) is 0 Å². The van der Waals surface area contributed by atoms with Crippen molar-refractivity contribution in [3.8, 4) is 5.75 Å². The highest BCUT2D eigenvalue weighted by Crippen LogP contribution is 2.16. The van der Waals surface area contributed by atoms with Crippen molar-refractivity contribution in [3.05, 3.63) is 29.8 Å². The fourth-order valence-electron chi connectivity index (χ4n) is 1.91. The van der Waals surface area contributed by atoms with Crippen LogP contribution in [0.4, 0.5) is 0 Å². The van der Waals surface area contributed by atoms with Gasteiger partial charge in [0.05, 0.1) is 0 Å². The Kier molecular flexibility index (Phi) is 5.33. The molecule has 1 N–H and O–H groups in total. The molecule has 2 nitrogen and oxygen atoms in total. The Bertz CT molecular complexity index is 307. The standard InChI is InChI=1S/C14H23NO/c1-5-12-8-7-9-13(10-12)16-11(3)14(6-2)15-4/h7-11,14-15H,5-6H2,1-4H3. The summed E-state index contributed by atoms with van der Waals surface area (Å²) >= 11 is 0. The topological polar surface area (TPSA) is 21.3 Å². The molecular formula is C14H23NO. The van der Waals surface area contributed by atoms with Crippen molar-refractivity contribution in [2.75, 3.05) is 7.05 Å². The normalized spacial score (nSPS) is 14.5. The van der Waals surface area contributed by atoms with E-state index in [1.807, 2.05) is 13.1 Å². The molecule has 16 heavy (non-hydrogen) atoms. The number of aryl methyl sites for hydroxylation is 1. The summed E-state index contributed by atoms with van der Waals surface area (Å²) in [7, 11) is 1.98. The molecule has 0 radical (unpaired) electrons. The van der Waals surface area contributed by atoms with Crippen LogP contribution in [0.15, 0.2) is 24.3 Å². The SMILES string of the molecule is CCc1cccc(OC(C)C(CC)NC)c1. The molecule has 1 rings (SSSR count). The van der Waals surface area contributed by atoms with E-state index in [2.05, 4.69) is 44.3 Å². The lowest BCUT2D eigenvalue weighted by Gasteiger charge is -2.23. The fourth-order valence-corrected chi connectivity index (χ4v) is 1.91. The monoisotopic (exact) mass is 221 g/mol. The molecule has 1 aromatic rings. The Labute approximate surface area is 99.0 Å². The Morgan fingerprint density at radius 1 is 1.31 bits per heavy atom. The van der Waals surface area contributed by atoms with Crippen molar-refractivity contribution in [1.29, 1.82) is 0 Å². The van der Waals surface area contributed by atoms with Gasteiger partial charge in [-0.3, -0.25) is 0 Å². The molecule has 0 saturated carbocycles. The predicted octanol–water partition coefficient (Wildman–Crippen LogP) is 3.01. The molecule has 0 bridgehead atoms. The third-order valence-corrected chi connectivity index (χ3v) is 3.01. The van der Waals surface area contributed by atoms with E-state index in [4.69, 9.17) is 4.74 Å². The Hall–Kier alpha value is -1.02. The van der Waals surface area contributed by atoms with Gasteiger partial charge >= 0.3 is 0 Å². The summed E-state index contributed by atoms with van der Waals surface area (Å²) in [5.74, 6) is 0.973.